The highest BCUT2D eigenvalue weighted by Crippen LogP contribution is 2.55. The molecule has 4 heteroatoms. The van der Waals surface area contributed by atoms with Crippen molar-refractivity contribution in [1.29, 1.82) is 0 Å². The second kappa shape index (κ2) is 4.49. The van der Waals surface area contributed by atoms with Crippen LogP contribution in [-0.4, -0.2) is 46.8 Å². The first kappa shape index (κ1) is 12.4. The zero-order chi connectivity index (χ0) is 12.9. The van der Waals surface area contributed by atoms with E-state index in [0.29, 0.717) is 17.9 Å². The summed E-state index contributed by atoms with van der Waals surface area (Å²) in [7, 11) is 1.89. The summed E-state index contributed by atoms with van der Waals surface area (Å²) < 4.78 is 0. The Labute approximate surface area is 108 Å². The van der Waals surface area contributed by atoms with E-state index >= 15 is 0 Å². The minimum Gasteiger partial charge on any atom is -0.480 e. The van der Waals surface area contributed by atoms with Crippen LogP contribution in [0.3, 0.4) is 0 Å². The first-order chi connectivity index (χ1) is 8.60. The number of aliphatic hydroxyl groups is 1. The van der Waals surface area contributed by atoms with Crippen LogP contribution in [-0.2, 0) is 4.79 Å². The Bertz CT molecular complexity index is 316. The third-order valence-electron chi connectivity index (χ3n) is 5.60. The summed E-state index contributed by atoms with van der Waals surface area (Å²) in [5.74, 6) is 2.23. The van der Waals surface area contributed by atoms with E-state index in [1.165, 1.54) is 32.1 Å². The van der Waals surface area contributed by atoms with Crippen molar-refractivity contribution in [3.05, 3.63) is 0 Å². The molecule has 4 aliphatic rings. The number of likely N-dealkylation sites (N-methyl/N-ethyl adjacent to an activating group) is 1. The fourth-order valence-electron chi connectivity index (χ4n) is 5.15. The molecule has 0 spiro atoms. The van der Waals surface area contributed by atoms with Crippen molar-refractivity contribution in [2.75, 3.05) is 13.7 Å². The van der Waals surface area contributed by atoms with Crippen LogP contribution < -0.4 is 0 Å². The number of rotatable bonds is 4. The number of carbonyl (C=O) groups is 1. The zero-order valence-electron chi connectivity index (χ0n) is 11.0. The molecule has 18 heavy (non-hydrogen) atoms. The Hall–Kier alpha value is -0.610. The van der Waals surface area contributed by atoms with Gasteiger partial charge in [-0.3, -0.25) is 9.69 Å². The molecule has 0 amide bonds. The molecule has 0 saturated heterocycles. The lowest BCUT2D eigenvalue weighted by atomic mass is 9.54. The fraction of sp³-hybridized carbons (Fsp3) is 0.929. The largest absolute Gasteiger partial charge is 0.480 e. The highest BCUT2D eigenvalue weighted by atomic mass is 16.4. The second-order valence-electron chi connectivity index (χ2n) is 6.62. The summed E-state index contributed by atoms with van der Waals surface area (Å²) in [5.41, 5.74) is 0. The molecule has 0 radical (unpaired) electrons. The topological polar surface area (TPSA) is 60.8 Å². The SMILES string of the molecule is CN(C(CO)C(=O)O)C1C2CC3CC(C2)CC1C3. The number of nitrogens with zero attached hydrogens (tertiary/aromatic N) is 1. The number of carboxylic acids is 1. The van der Waals surface area contributed by atoms with Crippen molar-refractivity contribution in [3.8, 4) is 0 Å². The summed E-state index contributed by atoms with van der Waals surface area (Å²) in [6.45, 7) is -0.283. The van der Waals surface area contributed by atoms with Gasteiger partial charge >= 0.3 is 5.97 Å². The third kappa shape index (κ3) is 1.86. The molecular weight excluding hydrogens is 230 g/mol. The summed E-state index contributed by atoms with van der Waals surface area (Å²) in [6.07, 6.45) is 6.52. The van der Waals surface area contributed by atoms with Gasteiger partial charge in [0.25, 0.3) is 0 Å². The summed E-state index contributed by atoms with van der Waals surface area (Å²) in [5, 5.41) is 18.5. The van der Waals surface area contributed by atoms with Gasteiger partial charge in [0.05, 0.1) is 6.61 Å². The number of carboxylic acid groups (broad SMARTS) is 1. The molecule has 0 aromatic carbocycles. The van der Waals surface area contributed by atoms with Crippen molar-refractivity contribution in [1.82, 2.24) is 4.90 Å². The molecule has 0 aromatic rings. The standard InChI is InChI=1S/C14H23NO3/c1-15(12(7-16)14(17)18)13-10-3-8-2-9(5-10)6-11(13)4-8/h8-13,16H,2-7H2,1H3,(H,17,18). The van der Waals surface area contributed by atoms with Gasteiger partial charge in [0.2, 0.25) is 0 Å². The molecule has 1 unspecified atom stereocenters. The van der Waals surface area contributed by atoms with Gasteiger partial charge in [0, 0.05) is 6.04 Å². The molecular formula is C14H23NO3. The average Bonchev–Trinajstić information content (AvgIpc) is 2.27. The summed E-state index contributed by atoms with van der Waals surface area (Å²) in [4.78, 5) is 13.2. The van der Waals surface area contributed by atoms with Crippen LogP contribution in [0.2, 0.25) is 0 Å². The molecule has 4 bridgehead atoms. The van der Waals surface area contributed by atoms with Crippen LogP contribution in [0.1, 0.15) is 32.1 Å². The van der Waals surface area contributed by atoms with E-state index in [1.807, 2.05) is 11.9 Å². The Morgan fingerprint density at radius 3 is 2.06 bits per heavy atom. The first-order valence-corrected chi connectivity index (χ1v) is 7.15. The first-order valence-electron chi connectivity index (χ1n) is 7.15. The van der Waals surface area contributed by atoms with E-state index in [9.17, 15) is 15.0 Å². The number of aliphatic carboxylic acids is 1. The smallest absolute Gasteiger partial charge is 0.323 e. The quantitative estimate of drug-likeness (QED) is 0.790. The monoisotopic (exact) mass is 253 g/mol. The lowest BCUT2D eigenvalue weighted by Gasteiger charge is -2.57. The van der Waals surface area contributed by atoms with E-state index in [2.05, 4.69) is 0 Å². The van der Waals surface area contributed by atoms with Gasteiger partial charge in [0.1, 0.15) is 6.04 Å². The maximum absolute atomic E-state index is 11.2. The molecule has 102 valence electrons. The second-order valence-corrected chi connectivity index (χ2v) is 6.62. The molecule has 4 aliphatic carbocycles. The molecule has 0 aromatic heterocycles. The molecule has 2 N–H and O–H groups in total. The van der Waals surface area contributed by atoms with Gasteiger partial charge in [-0.15, -0.1) is 0 Å². The minimum atomic E-state index is -0.895. The summed E-state index contributed by atoms with van der Waals surface area (Å²) >= 11 is 0. The highest BCUT2D eigenvalue weighted by Gasteiger charge is 2.50. The number of hydrogen-bond acceptors (Lipinski definition) is 3. The van der Waals surface area contributed by atoms with E-state index in [0.717, 1.165) is 11.8 Å². The fourth-order valence-corrected chi connectivity index (χ4v) is 5.15. The summed E-state index contributed by atoms with van der Waals surface area (Å²) in [6, 6.07) is -0.349. The van der Waals surface area contributed by atoms with Gasteiger partial charge in [-0.1, -0.05) is 0 Å². The number of hydrogen-bond donors (Lipinski definition) is 2. The molecule has 0 heterocycles. The van der Waals surface area contributed by atoms with Crippen molar-refractivity contribution in [2.24, 2.45) is 23.7 Å². The van der Waals surface area contributed by atoms with E-state index < -0.39 is 12.0 Å². The van der Waals surface area contributed by atoms with Crippen molar-refractivity contribution < 1.29 is 15.0 Å². The predicted molar refractivity (Wildman–Crippen MR) is 67.1 cm³/mol. The van der Waals surface area contributed by atoms with Crippen molar-refractivity contribution in [2.45, 2.75) is 44.2 Å². The maximum Gasteiger partial charge on any atom is 0.323 e. The highest BCUT2D eigenvalue weighted by molar-refractivity contribution is 5.73. The molecule has 4 nitrogen and oxygen atoms in total. The van der Waals surface area contributed by atoms with E-state index in [1.54, 1.807) is 0 Å². The Kier molecular flexibility index (Phi) is 3.10. The van der Waals surface area contributed by atoms with Gasteiger partial charge in [-0.25, -0.2) is 0 Å². The van der Waals surface area contributed by atoms with Gasteiger partial charge < -0.3 is 10.2 Å². The van der Waals surface area contributed by atoms with E-state index in [4.69, 9.17) is 0 Å². The molecule has 0 aliphatic heterocycles. The molecule has 1 atom stereocenters. The van der Waals surface area contributed by atoms with Crippen LogP contribution in [0.25, 0.3) is 0 Å². The average molecular weight is 253 g/mol. The van der Waals surface area contributed by atoms with Crippen LogP contribution in [0, 0.1) is 23.7 Å². The van der Waals surface area contributed by atoms with E-state index in [-0.39, 0.29) is 6.61 Å². The molecule has 4 saturated carbocycles. The third-order valence-corrected chi connectivity index (χ3v) is 5.60. The van der Waals surface area contributed by atoms with Crippen molar-refractivity contribution >= 4 is 5.97 Å². The van der Waals surface area contributed by atoms with Gasteiger partial charge in [0.15, 0.2) is 0 Å². The zero-order valence-corrected chi connectivity index (χ0v) is 11.0. The van der Waals surface area contributed by atoms with Crippen LogP contribution >= 0.6 is 0 Å². The molecule has 4 fully saturated rings. The molecule has 4 rings (SSSR count). The number of aliphatic hydroxyl groups excluding tert-OH is 1. The Morgan fingerprint density at radius 2 is 1.67 bits per heavy atom. The van der Waals surface area contributed by atoms with Crippen molar-refractivity contribution in [3.63, 3.8) is 0 Å². The normalized spacial score (nSPS) is 43.4. The Morgan fingerprint density at radius 1 is 1.17 bits per heavy atom. The predicted octanol–water partition coefficient (Wildman–Crippen LogP) is 1.19. The van der Waals surface area contributed by atoms with Gasteiger partial charge in [-0.2, -0.15) is 0 Å². The van der Waals surface area contributed by atoms with Crippen LogP contribution in [0.15, 0.2) is 0 Å². The lowest BCUT2D eigenvalue weighted by Crippen LogP contribution is -2.59. The maximum atomic E-state index is 11.2. The lowest BCUT2D eigenvalue weighted by molar-refractivity contribution is -0.150. The Balaban J connectivity index is 1.78. The van der Waals surface area contributed by atoms with Crippen LogP contribution in [0.5, 0.6) is 0 Å². The van der Waals surface area contributed by atoms with Gasteiger partial charge in [-0.05, 0) is 62.8 Å². The minimum absolute atomic E-state index is 0.283. The van der Waals surface area contributed by atoms with Crippen LogP contribution in [0.4, 0.5) is 0 Å².